The van der Waals surface area contributed by atoms with E-state index in [1.807, 2.05) is 30.3 Å². The van der Waals surface area contributed by atoms with Crippen molar-refractivity contribution in [3.05, 3.63) is 99.0 Å². The van der Waals surface area contributed by atoms with Gasteiger partial charge in [0.15, 0.2) is 0 Å². The lowest BCUT2D eigenvalue weighted by molar-refractivity contribution is -0.140. The first-order valence-corrected chi connectivity index (χ1v) is 16.8. The van der Waals surface area contributed by atoms with Gasteiger partial charge in [0.05, 0.1) is 11.9 Å². The number of carbonyl (C=O) groups excluding carboxylic acids is 2. The van der Waals surface area contributed by atoms with Crippen LogP contribution in [0.15, 0.2) is 72.8 Å². The normalized spacial score (nSPS) is 14.7. The molecule has 0 aliphatic heterocycles. The Morgan fingerprint density at radius 3 is 2.17 bits per heavy atom. The van der Waals surface area contributed by atoms with E-state index >= 15 is 0 Å². The fourth-order valence-electron chi connectivity index (χ4n) is 5.20. The molecule has 0 bridgehead atoms. The predicted octanol–water partition coefficient (Wildman–Crippen LogP) is 6.50. The van der Waals surface area contributed by atoms with Gasteiger partial charge in [-0.1, -0.05) is 96.5 Å². The summed E-state index contributed by atoms with van der Waals surface area (Å²) in [5.74, 6) is -0.896. The van der Waals surface area contributed by atoms with Crippen LogP contribution in [0.3, 0.4) is 0 Å². The summed E-state index contributed by atoms with van der Waals surface area (Å²) < 4.78 is 26.8. The molecule has 0 saturated heterocycles. The van der Waals surface area contributed by atoms with Crippen molar-refractivity contribution in [2.75, 3.05) is 17.1 Å². The number of carbonyl (C=O) groups is 2. The molecule has 2 amide bonds. The fraction of sp³-hybridized carbons (Fsp3) is 0.355. The smallest absolute Gasteiger partial charge is 0.244 e. The maximum Gasteiger partial charge on any atom is 0.244 e. The second kappa shape index (κ2) is 14.6. The monoisotopic (exact) mass is 649 g/mol. The predicted molar refractivity (Wildman–Crippen MR) is 170 cm³/mol. The summed E-state index contributed by atoms with van der Waals surface area (Å²) in [6.07, 6.45) is 6.14. The van der Waals surface area contributed by atoms with Crippen LogP contribution in [0, 0.1) is 0 Å². The van der Waals surface area contributed by atoms with Gasteiger partial charge < -0.3 is 10.2 Å². The molecule has 3 aromatic rings. The number of hydrogen-bond donors (Lipinski definition) is 1. The average molecular weight is 651 g/mol. The van der Waals surface area contributed by atoms with E-state index in [2.05, 4.69) is 5.32 Å². The molecule has 0 spiro atoms. The summed E-state index contributed by atoms with van der Waals surface area (Å²) in [6.45, 7) is -0.649. The van der Waals surface area contributed by atoms with Crippen LogP contribution in [0.1, 0.15) is 43.2 Å². The van der Waals surface area contributed by atoms with Crippen molar-refractivity contribution < 1.29 is 18.0 Å². The number of sulfonamides is 1. The summed E-state index contributed by atoms with van der Waals surface area (Å²) in [6, 6.07) is 19.7. The SMILES string of the molecule is CS(=O)(=O)N(CC(=O)N(Cc1c(Cl)cccc1Cl)[C@@H](Cc1ccccc1)C(=O)NC1CCCCC1)c1cccc(Cl)c1. The van der Waals surface area contributed by atoms with Crippen LogP contribution >= 0.6 is 34.8 Å². The molecular formula is C31H34Cl3N3O4S. The van der Waals surface area contributed by atoms with Gasteiger partial charge in [-0.25, -0.2) is 8.42 Å². The minimum absolute atomic E-state index is 0.00403. The van der Waals surface area contributed by atoms with Crippen molar-refractivity contribution in [3.8, 4) is 0 Å². The van der Waals surface area contributed by atoms with Gasteiger partial charge in [-0.05, 0) is 48.7 Å². The van der Waals surface area contributed by atoms with Gasteiger partial charge in [0.1, 0.15) is 12.6 Å². The molecule has 1 aliphatic rings. The van der Waals surface area contributed by atoms with Gasteiger partial charge >= 0.3 is 0 Å². The molecule has 1 fully saturated rings. The highest BCUT2D eigenvalue weighted by Crippen LogP contribution is 2.29. The quantitative estimate of drug-likeness (QED) is 0.257. The molecule has 0 radical (unpaired) electrons. The third-order valence-electron chi connectivity index (χ3n) is 7.39. The van der Waals surface area contributed by atoms with Crippen LogP contribution in [0.2, 0.25) is 15.1 Å². The summed E-state index contributed by atoms with van der Waals surface area (Å²) in [5, 5.41) is 4.15. The number of amides is 2. The lowest BCUT2D eigenvalue weighted by atomic mass is 9.94. The van der Waals surface area contributed by atoms with Crippen LogP contribution in [-0.4, -0.2) is 50.0 Å². The Hall–Kier alpha value is -2.78. The maximum absolute atomic E-state index is 14.2. The van der Waals surface area contributed by atoms with Crippen molar-refractivity contribution in [2.45, 2.75) is 57.2 Å². The van der Waals surface area contributed by atoms with Crippen molar-refractivity contribution in [2.24, 2.45) is 0 Å². The summed E-state index contributed by atoms with van der Waals surface area (Å²) in [4.78, 5) is 29.6. The molecule has 0 unspecified atom stereocenters. The molecule has 3 aromatic carbocycles. The van der Waals surface area contributed by atoms with Gasteiger partial charge in [-0.15, -0.1) is 0 Å². The number of nitrogens with zero attached hydrogens (tertiary/aromatic N) is 2. The molecule has 1 N–H and O–H groups in total. The van der Waals surface area contributed by atoms with Crippen molar-refractivity contribution >= 4 is 62.3 Å². The zero-order valence-electron chi connectivity index (χ0n) is 23.3. The first-order chi connectivity index (χ1) is 20.0. The molecule has 4 rings (SSSR count). The van der Waals surface area contributed by atoms with E-state index in [4.69, 9.17) is 34.8 Å². The maximum atomic E-state index is 14.2. The molecule has 1 aliphatic carbocycles. The molecule has 224 valence electrons. The van der Waals surface area contributed by atoms with Crippen LogP contribution in [-0.2, 0) is 32.6 Å². The lowest BCUT2D eigenvalue weighted by Gasteiger charge is -2.35. The van der Waals surface area contributed by atoms with E-state index < -0.39 is 28.5 Å². The molecule has 1 atom stereocenters. The Kier molecular flexibility index (Phi) is 11.2. The molecule has 0 aromatic heterocycles. The van der Waals surface area contributed by atoms with Crippen molar-refractivity contribution in [3.63, 3.8) is 0 Å². The highest BCUT2D eigenvalue weighted by atomic mass is 35.5. The minimum atomic E-state index is -3.91. The van der Waals surface area contributed by atoms with Crippen LogP contribution in [0.4, 0.5) is 5.69 Å². The Morgan fingerprint density at radius 2 is 1.55 bits per heavy atom. The summed E-state index contributed by atoms with van der Waals surface area (Å²) >= 11 is 19.2. The van der Waals surface area contributed by atoms with E-state index in [-0.39, 0.29) is 30.6 Å². The molecule has 42 heavy (non-hydrogen) atoms. The Morgan fingerprint density at radius 1 is 0.905 bits per heavy atom. The zero-order valence-corrected chi connectivity index (χ0v) is 26.4. The Bertz CT molecular complexity index is 1480. The number of hydrogen-bond acceptors (Lipinski definition) is 4. The number of benzene rings is 3. The summed E-state index contributed by atoms with van der Waals surface area (Å²) in [7, 11) is -3.91. The first-order valence-electron chi connectivity index (χ1n) is 13.8. The third kappa shape index (κ3) is 8.63. The molecule has 11 heteroatoms. The lowest BCUT2D eigenvalue weighted by Crippen LogP contribution is -2.55. The Balaban J connectivity index is 1.76. The van der Waals surface area contributed by atoms with Crippen LogP contribution in [0.25, 0.3) is 0 Å². The molecule has 7 nitrogen and oxygen atoms in total. The number of rotatable bonds is 11. The highest BCUT2D eigenvalue weighted by molar-refractivity contribution is 7.92. The topological polar surface area (TPSA) is 86.8 Å². The van der Waals surface area contributed by atoms with Crippen molar-refractivity contribution in [1.29, 1.82) is 0 Å². The number of halogens is 3. The molecule has 0 heterocycles. The van der Waals surface area contributed by atoms with Gasteiger partial charge in [-0.3, -0.25) is 13.9 Å². The average Bonchev–Trinajstić information content (AvgIpc) is 2.95. The van der Waals surface area contributed by atoms with E-state index in [0.29, 0.717) is 20.6 Å². The third-order valence-corrected chi connectivity index (χ3v) is 9.47. The van der Waals surface area contributed by atoms with Gasteiger partial charge in [-0.2, -0.15) is 0 Å². The van der Waals surface area contributed by atoms with Gasteiger partial charge in [0.2, 0.25) is 21.8 Å². The second-order valence-corrected chi connectivity index (χ2v) is 13.7. The Labute approximate surface area is 262 Å². The first kappa shape index (κ1) is 32.1. The van der Waals surface area contributed by atoms with E-state index in [1.165, 1.54) is 11.0 Å². The number of anilines is 1. The largest absolute Gasteiger partial charge is 0.352 e. The van der Waals surface area contributed by atoms with E-state index in [1.54, 1.807) is 36.4 Å². The van der Waals surface area contributed by atoms with Crippen LogP contribution in [0.5, 0.6) is 0 Å². The summed E-state index contributed by atoms with van der Waals surface area (Å²) in [5.41, 5.74) is 1.55. The van der Waals surface area contributed by atoms with E-state index in [9.17, 15) is 18.0 Å². The molecule has 1 saturated carbocycles. The fourth-order valence-corrected chi connectivity index (χ4v) is 6.74. The second-order valence-electron chi connectivity index (χ2n) is 10.5. The minimum Gasteiger partial charge on any atom is -0.352 e. The number of nitrogens with one attached hydrogen (secondary N) is 1. The standard InChI is InChI=1S/C31H34Cl3N3O4S/c1-42(40,41)37(25-15-8-12-23(32)19-25)21-30(38)36(20-26-27(33)16-9-17-28(26)34)29(18-22-10-4-2-5-11-22)31(39)35-24-13-6-3-7-14-24/h2,4-5,8-12,15-17,19,24,29H,3,6-7,13-14,18,20-21H2,1H3,(H,35,39)/t29-/m0/s1. The van der Waals surface area contributed by atoms with Gasteiger partial charge in [0, 0.05) is 39.6 Å². The van der Waals surface area contributed by atoms with Crippen molar-refractivity contribution in [1.82, 2.24) is 10.2 Å². The van der Waals surface area contributed by atoms with E-state index in [0.717, 1.165) is 48.2 Å². The highest BCUT2D eigenvalue weighted by Gasteiger charge is 2.34. The molecular weight excluding hydrogens is 617 g/mol. The van der Waals surface area contributed by atoms with Gasteiger partial charge in [0.25, 0.3) is 0 Å². The van der Waals surface area contributed by atoms with Crippen LogP contribution < -0.4 is 9.62 Å². The zero-order chi connectivity index (χ0) is 30.3.